The maximum Gasteiger partial charge on any atom is 0.314 e. The summed E-state index contributed by atoms with van der Waals surface area (Å²) in [6.45, 7) is 5.09. The monoisotopic (exact) mass is 318 g/mol. The van der Waals surface area contributed by atoms with Crippen LogP contribution < -0.4 is 0 Å². The van der Waals surface area contributed by atoms with Crippen LogP contribution in [0.15, 0.2) is 30.3 Å². The van der Waals surface area contributed by atoms with Gasteiger partial charge in [0.15, 0.2) is 0 Å². The lowest BCUT2D eigenvalue weighted by Crippen LogP contribution is -2.41. The summed E-state index contributed by atoms with van der Waals surface area (Å²) in [7, 11) is 0. The molecule has 0 aromatic heterocycles. The van der Waals surface area contributed by atoms with Crippen LogP contribution in [0.2, 0.25) is 0 Å². The highest BCUT2D eigenvalue weighted by molar-refractivity contribution is 5.78. The molecule has 1 aliphatic carbocycles. The van der Waals surface area contributed by atoms with Crippen molar-refractivity contribution in [3.8, 4) is 0 Å². The van der Waals surface area contributed by atoms with Crippen molar-refractivity contribution >= 4 is 5.97 Å². The summed E-state index contributed by atoms with van der Waals surface area (Å²) in [5.41, 5.74) is 0.727. The molecule has 1 saturated carbocycles. The van der Waals surface area contributed by atoms with Crippen molar-refractivity contribution in [3.63, 3.8) is 0 Å². The van der Waals surface area contributed by atoms with Gasteiger partial charge in [-0.25, -0.2) is 0 Å². The summed E-state index contributed by atoms with van der Waals surface area (Å²) in [6, 6.07) is 10.2. The number of esters is 1. The van der Waals surface area contributed by atoms with Crippen molar-refractivity contribution < 1.29 is 14.3 Å². The maximum absolute atomic E-state index is 12.7. The van der Waals surface area contributed by atoms with Crippen LogP contribution in [-0.2, 0) is 20.9 Å². The predicted octanol–water partition coefficient (Wildman–Crippen LogP) is 4.89. The van der Waals surface area contributed by atoms with Crippen molar-refractivity contribution in [3.05, 3.63) is 35.9 Å². The lowest BCUT2D eigenvalue weighted by Gasteiger charge is -2.33. The number of ether oxygens (including phenoxy) is 2. The van der Waals surface area contributed by atoms with Crippen molar-refractivity contribution in [2.75, 3.05) is 6.61 Å². The first-order chi connectivity index (χ1) is 11.2. The molecule has 0 N–H and O–H groups in total. The molecule has 2 unspecified atom stereocenters. The normalized spacial score (nSPS) is 23.8. The van der Waals surface area contributed by atoms with E-state index in [2.05, 4.69) is 19.1 Å². The molecule has 0 heterocycles. The molecule has 0 radical (unpaired) electrons. The molecule has 128 valence electrons. The molecular formula is C20H30O3. The van der Waals surface area contributed by atoms with Crippen LogP contribution >= 0.6 is 0 Å². The van der Waals surface area contributed by atoms with Gasteiger partial charge in [-0.15, -0.1) is 0 Å². The van der Waals surface area contributed by atoms with E-state index in [1.54, 1.807) is 0 Å². The average molecular weight is 318 g/mol. The number of carbonyl (C=O) groups is 1. The van der Waals surface area contributed by atoms with Gasteiger partial charge in [-0.2, -0.15) is 0 Å². The van der Waals surface area contributed by atoms with Crippen molar-refractivity contribution in [1.82, 2.24) is 0 Å². The first-order valence-corrected chi connectivity index (χ1v) is 9.05. The molecule has 1 aromatic carbocycles. The van der Waals surface area contributed by atoms with E-state index < -0.39 is 5.41 Å². The van der Waals surface area contributed by atoms with Gasteiger partial charge in [0, 0.05) is 0 Å². The highest BCUT2D eigenvalue weighted by Gasteiger charge is 2.50. The lowest BCUT2D eigenvalue weighted by atomic mass is 9.79. The van der Waals surface area contributed by atoms with Gasteiger partial charge in [0.2, 0.25) is 0 Å². The standard InChI is InChI=1S/C20H30O3/c1-3-5-9-14-20(19(21)22-4-2)15-10-13-18(20)23-16-17-11-7-6-8-12-17/h6-8,11-12,18H,3-5,9-10,13-16H2,1-2H3. The van der Waals surface area contributed by atoms with Crippen LogP contribution in [0.1, 0.15) is 64.4 Å². The van der Waals surface area contributed by atoms with Gasteiger partial charge in [0.25, 0.3) is 0 Å². The van der Waals surface area contributed by atoms with Gasteiger partial charge in [-0.05, 0) is 38.2 Å². The fourth-order valence-corrected chi connectivity index (χ4v) is 3.64. The minimum absolute atomic E-state index is 0.0152. The van der Waals surface area contributed by atoms with Gasteiger partial charge >= 0.3 is 5.97 Å². The smallest absolute Gasteiger partial charge is 0.314 e. The third-order valence-electron chi connectivity index (χ3n) is 4.91. The van der Waals surface area contributed by atoms with Crippen molar-refractivity contribution in [2.45, 2.75) is 71.5 Å². The summed E-state index contributed by atoms with van der Waals surface area (Å²) in [5.74, 6) is -0.0494. The Hall–Kier alpha value is -1.35. The molecule has 1 aliphatic rings. The summed E-state index contributed by atoms with van der Waals surface area (Å²) in [6.07, 6.45) is 7.16. The zero-order valence-electron chi connectivity index (χ0n) is 14.6. The minimum Gasteiger partial charge on any atom is -0.465 e. The summed E-state index contributed by atoms with van der Waals surface area (Å²) in [5, 5.41) is 0. The Morgan fingerprint density at radius 2 is 2.00 bits per heavy atom. The molecule has 3 nitrogen and oxygen atoms in total. The fourth-order valence-electron chi connectivity index (χ4n) is 3.64. The van der Waals surface area contributed by atoms with E-state index >= 15 is 0 Å². The molecule has 0 aliphatic heterocycles. The van der Waals surface area contributed by atoms with E-state index in [1.807, 2.05) is 25.1 Å². The first kappa shape index (κ1) is 18.0. The molecule has 1 aromatic rings. The third-order valence-corrected chi connectivity index (χ3v) is 4.91. The molecule has 23 heavy (non-hydrogen) atoms. The quantitative estimate of drug-likeness (QED) is 0.480. The molecule has 3 heteroatoms. The Labute approximate surface area is 140 Å². The van der Waals surface area contributed by atoms with Crippen LogP contribution in [0.5, 0.6) is 0 Å². The van der Waals surface area contributed by atoms with Crippen LogP contribution in [0, 0.1) is 5.41 Å². The predicted molar refractivity (Wildman–Crippen MR) is 92.1 cm³/mol. The average Bonchev–Trinajstić information content (AvgIpc) is 2.98. The lowest BCUT2D eigenvalue weighted by molar-refractivity contribution is -0.165. The largest absolute Gasteiger partial charge is 0.465 e. The summed E-state index contributed by atoms with van der Waals surface area (Å²) >= 11 is 0. The Morgan fingerprint density at radius 3 is 2.70 bits per heavy atom. The van der Waals surface area contributed by atoms with E-state index in [-0.39, 0.29) is 12.1 Å². The maximum atomic E-state index is 12.7. The Kier molecular flexibility index (Phi) is 7.10. The zero-order valence-corrected chi connectivity index (χ0v) is 14.6. The number of rotatable bonds is 9. The van der Waals surface area contributed by atoms with Crippen LogP contribution in [0.25, 0.3) is 0 Å². The van der Waals surface area contributed by atoms with Gasteiger partial charge in [-0.3, -0.25) is 4.79 Å². The molecule has 2 rings (SSSR count). The molecule has 0 amide bonds. The Bertz CT molecular complexity index is 471. The Morgan fingerprint density at radius 1 is 1.22 bits per heavy atom. The van der Waals surface area contributed by atoms with E-state index in [0.717, 1.165) is 50.5 Å². The SMILES string of the molecule is CCCCCC1(C(=O)OCC)CCCC1OCc1ccccc1. The van der Waals surface area contributed by atoms with Crippen LogP contribution in [-0.4, -0.2) is 18.7 Å². The van der Waals surface area contributed by atoms with E-state index in [0.29, 0.717) is 13.2 Å². The number of carbonyl (C=O) groups excluding carboxylic acids is 1. The van der Waals surface area contributed by atoms with Crippen molar-refractivity contribution in [1.29, 1.82) is 0 Å². The van der Waals surface area contributed by atoms with Crippen LogP contribution in [0.4, 0.5) is 0 Å². The molecule has 0 spiro atoms. The van der Waals surface area contributed by atoms with E-state index in [9.17, 15) is 4.79 Å². The second-order valence-electron chi connectivity index (χ2n) is 6.51. The first-order valence-electron chi connectivity index (χ1n) is 9.05. The molecule has 1 fully saturated rings. The Balaban J connectivity index is 2.05. The molecular weight excluding hydrogens is 288 g/mol. The minimum atomic E-state index is -0.431. The number of benzene rings is 1. The highest BCUT2D eigenvalue weighted by Crippen LogP contribution is 2.45. The third kappa shape index (κ3) is 4.57. The van der Waals surface area contributed by atoms with Gasteiger partial charge in [-0.1, -0.05) is 56.5 Å². The molecule has 2 atom stereocenters. The fraction of sp³-hybridized carbons (Fsp3) is 0.650. The van der Waals surface area contributed by atoms with Gasteiger partial charge in [0.05, 0.1) is 24.7 Å². The number of unbranched alkanes of at least 4 members (excludes halogenated alkanes) is 2. The zero-order chi connectivity index (χ0) is 16.5. The topological polar surface area (TPSA) is 35.5 Å². The van der Waals surface area contributed by atoms with E-state index in [4.69, 9.17) is 9.47 Å². The highest BCUT2D eigenvalue weighted by atomic mass is 16.5. The van der Waals surface area contributed by atoms with Crippen molar-refractivity contribution in [2.24, 2.45) is 5.41 Å². The second-order valence-corrected chi connectivity index (χ2v) is 6.51. The summed E-state index contributed by atoms with van der Waals surface area (Å²) in [4.78, 5) is 12.7. The molecule has 0 bridgehead atoms. The second kappa shape index (κ2) is 9.07. The van der Waals surface area contributed by atoms with E-state index in [1.165, 1.54) is 0 Å². The number of hydrogen-bond donors (Lipinski definition) is 0. The number of hydrogen-bond acceptors (Lipinski definition) is 3. The molecule has 0 saturated heterocycles. The van der Waals surface area contributed by atoms with Gasteiger partial charge in [0.1, 0.15) is 0 Å². The summed E-state index contributed by atoms with van der Waals surface area (Å²) < 4.78 is 11.6. The van der Waals surface area contributed by atoms with Gasteiger partial charge < -0.3 is 9.47 Å². The van der Waals surface area contributed by atoms with Crippen LogP contribution in [0.3, 0.4) is 0 Å².